The van der Waals surface area contributed by atoms with Crippen molar-refractivity contribution in [2.45, 2.75) is 6.42 Å². The predicted octanol–water partition coefficient (Wildman–Crippen LogP) is 2.23. The fraction of sp³-hybridized carbons (Fsp3) is 0.400. The first-order chi connectivity index (χ1) is 13.2. The van der Waals surface area contributed by atoms with Crippen molar-refractivity contribution < 1.29 is 19.0 Å². The minimum Gasteiger partial charge on any atom is -0.493 e. The number of nitrogens with zero attached hydrogens (tertiary/aromatic N) is 2. The summed E-state index contributed by atoms with van der Waals surface area (Å²) >= 11 is 0. The number of hydrogen-bond acceptors (Lipinski definition) is 6. The zero-order valence-electron chi connectivity index (χ0n) is 15.7. The lowest BCUT2D eigenvalue weighted by Gasteiger charge is -2.26. The van der Waals surface area contributed by atoms with Crippen molar-refractivity contribution in [2.75, 3.05) is 52.4 Å². The van der Waals surface area contributed by atoms with Gasteiger partial charge in [-0.1, -0.05) is 6.07 Å². The Hall–Kier alpha value is -2.80. The van der Waals surface area contributed by atoms with Crippen LogP contribution in [0.1, 0.15) is 15.9 Å². The topological polar surface area (TPSA) is 72.9 Å². The minimum absolute atomic E-state index is 0.00248. The van der Waals surface area contributed by atoms with Crippen LogP contribution in [-0.2, 0) is 11.2 Å². The Morgan fingerprint density at radius 2 is 1.93 bits per heavy atom. The van der Waals surface area contributed by atoms with Crippen LogP contribution in [-0.4, -0.2) is 62.9 Å². The van der Waals surface area contributed by atoms with Crippen LogP contribution in [0, 0.1) is 0 Å². The summed E-state index contributed by atoms with van der Waals surface area (Å²) in [4.78, 5) is 18.6. The number of morpholine rings is 1. The van der Waals surface area contributed by atoms with E-state index in [0.29, 0.717) is 31.9 Å². The molecule has 1 aromatic heterocycles. The average Bonchev–Trinajstić information content (AvgIpc) is 2.74. The zero-order valence-corrected chi connectivity index (χ0v) is 15.7. The number of methoxy groups -OCH3 is 2. The van der Waals surface area contributed by atoms with E-state index in [1.807, 2.05) is 30.3 Å². The van der Waals surface area contributed by atoms with Gasteiger partial charge in [0.05, 0.1) is 33.0 Å². The van der Waals surface area contributed by atoms with Crippen molar-refractivity contribution in [3.63, 3.8) is 0 Å². The van der Waals surface area contributed by atoms with Crippen molar-refractivity contribution in [3.8, 4) is 11.5 Å². The summed E-state index contributed by atoms with van der Waals surface area (Å²) in [6.45, 7) is 3.16. The highest BCUT2D eigenvalue weighted by atomic mass is 16.5. The van der Waals surface area contributed by atoms with E-state index in [-0.39, 0.29) is 5.91 Å². The molecule has 1 aliphatic rings. The number of carbonyl (C=O) groups excluding carboxylic acids is 1. The monoisotopic (exact) mass is 371 g/mol. The van der Waals surface area contributed by atoms with Crippen LogP contribution in [0.4, 0.5) is 5.82 Å². The summed E-state index contributed by atoms with van der Waals surface area (Å²) in [6, 6.07) is 9.53. The molecule has 7 nitrogen and oxygen atoms in total. The Morgan fingerprint density at radius 1 is 1.15 bits per heavy atom. The predicted molar refractivity (Wildman–Crippen MR) is 103 cm³/mol. The Labute approximate surface area is 159 Å². The SMILES string of the molecule is COc1ccc(CCNc2ccc(C(=O)N3CCOCC3)cn2)cc1OC. The number of amides is 1. The maximum Gasteiger partial charge on any atom is 0.255 e. The van der Waals surface area contributed by atoms with Gasteiger partial charge < -0.3 is 24.4 Å². The lowest BCUT2D eigenvalue weighted by atomic mass is 10.1. The molecule has 1 fully saturated rings. The normalized spacial score (nSPS) is 13.9. The van der Waals surface area contributed by atoms with Gasteiger partial charge in [0.15, 0.2) is 11.5 Å². The molecule has 0 aliphatic carbocycles. The maximum atomic E-state index is 12.4. The quantitative estimate of drug-likeness (QED) is 0.805. The smallest absolute Gasteiger partial charge is 0.255 e. The highest BCUT2D eigenvalue weighted by Crippen LogP contribution is 2.27. The third-order valence-electron chi connectivity index (χ3n) is 4.48. The first kappa shape index (κ1) is 19.0. The van der Waals surface area contributed by atoms with Gasteiger partial charge in [0.2, 0.25) is 0 Å². The molecular weight excluding hydrogens is 346 g/mol. The number of carbonyl (C=O) groups is 1. The molecular formula is C20H25N3O4. The fourth-order valence-corrected chi connectivity index (χ4v) is 2.95. The Kier molecular flexibility index (Phi) is 6.49. The van der Waals surface area contributed by atoms with Crippen molar-refractivity contribution in [2.24, 2.45) is 0 Å². The number of aromatic nitrogens is 1. The van der Waals surface area contributed by atoms with Crippen LogP contribution < -0.4 is 14.8 Å². The van der Waals surface area contributed by atoms with Crippen LogP contribution in [0.25, 0.3) is 0 Å². The van der Waals surface area contributed by atoms with Crippen LogP contribution >= 0.6 is 0 Å². The van der Waals surface area contributed by atoms with Gasteiger partial charge in [-0.05, 0) is 36.2 Å². The van der Waals surface area contributed by atoms with Gasteiger partial charge in [0.25, 0.3) is 5.91 Å². The molecule has 1 aromatic carbocycles. The third kappa shape index (κ3) is 4.89. The van der Waals surface area contributed by atoms with E-state index in [4.69, 9.17) is 14.2 Å². The molecule has 3 rings (SSSR count). The van der Waals surface area contributed by atoms with Gasteiger partial charge >= 0.3 is 0 Å². The Balaban J connectivity index is 1.52. The molecule has 7 heteroatoms. The van der Waals surface area contributed by atoms with Crippen molar-refractivity contribution in [1.82, 2.24) is 9.88 Å². The van der Waals surface area contributed by atoms with E-state index in [2.05, 4.69) is 10.3 Å². The second-order valence-corrected chi connectivity index (χ2v) is 6.20. The molecule has 27 heavy (non-hydrogen) atoms. The molecule has 1 aliphatic heterocycles. The van der Waals surface area contributed by atoms with E-state index in [1.54, 1.807) is 25.3 Å². The molecule has 0 saturated carbocycles. The highest BCUT2D eigenvalue weighted by Gasteiger charge is 2.18. The summed E-state index contributed by atoms with van der Waals surface area (Å²) < 4.78 is 15.9. The Morgan fingerprint density at radius 3 is 2.59 bits per heavy atom. The van der Waals surface area contributed by atoms with Crippen LogP contribution in [0.5, 0.6) is 11.5 Å². The van der Waals surface area contributed by atoms with E-state index in [9.17, 15) is 4.79 Å². The molecule has 0 atom stereocenters. The van der Waals surface area contributed by atoms with Gasteiger partial charge in [-0.25, -0.2) is 4.98 Å². The third-order valence-corrected chi connectivity index (χ3v) is 4.48. The summed E-state index contributed by atoms with van der Waals surface area (Å²) in [6.07, 6.45) is 2.44. The molecule has 144 valence electrons. The molecule has 1 N–H and O–H groups in total. The standard InChI is InChI=1S/C20H25N3O4/c1-25-17-5-3-15(13-18(17)26-2)7-8-21-19-6-4-16(14-22-19)20(24)23-9-11-27-12-10-23/h3-6,13-14H,7-12H2,1-2H3,(H,21,22). The maximum absolute atomic E-state index is 12.4. The molecule has 0 bridgehead atoms. The number of benzene rings is 1. The van der Waals surface area contributed by atoms with Crippen LogP contribution in [0.2, 0.25) is 0 Å². The summed E-state index contributed by atoms with van der Waals surface area (Å²) in [5.74, 6) is 2.19. The van der Waals surface area contributed by atoms with Crippen LogP contribution in [0.3, 0.4) is 0 Å². The van der Waals surface area contributed by atoms with Crippen LogP contribution in [0.15, 0.2) is 36.5 Å². The van der Waals surface area contributed by atoms with E-state index in [1.165, 1.54) is 0 Å². The largest absolute Gasteiger partial charge is 0.493 e. The average molecular weight is 371 g/mol. The van der Waals surface area contributed by atoms with Crippen molar-refractivity contribution in [3.05, 3.63) is 47.7 Å². The molecule has 0 radical (unpaired) electrons. The molecule has 2 aromatic rings. The van der Waals surface area contributed by atoms with Crippen molar-refractivity contribution in [1.29, 1.82) is 0 Å². The van der Waals surface area contributed by atoms with Crippen molar-refractivity contribution >= 4 is 11.7 Å². The number of rotatable bonds is 7. The highest BCUT2D eigenvalue weighted by molar-refractivity contribution is 5.94. The molecule has 0 spiro atoms. The van der Waals surface area contributed by atoms with Gasteiger partial charge in [-0.15, -0.1) is 0 Å². The molecule has 1 amide bonds. The summed E-state index contributed by atoms with van der Waals surface area (Å²) in [7, 11) is 3.25. The van der Waals surface area contributed by atoms with Gasteiger partial charge in [0.1, 0.15) is 5.82 Å². The van der Waals surface area contributed by atoms with Gasteiger partial charge in [-0.2, -0.15) is 0 Å². The second-order valence-electron chi connectivity index (χ2n) is 6.20. The number of ether oxygens (including phenoxy) is 3. The van der Waals surface area contributed by atoms with Gasteiger partial charge in [-0.3, -0.25) is 4.79 Å². The lowest BCUT2D eigenvalue weighted by Crippen LogP contribution is -2.40. The summed E-state index contributed by atoms with van der Waals surface area (Å²) in [5, 5.41) is 3.28. The van der Waals surface area contributed by atoms with E-state index < -0.39 is 0 Å². The zero-order chi connectivity index (χ0) is 19.1. The molecule has 1 saturated heterocycles. The number of pyridine rings is 1. The van der Waals surface area contributed by atoms with E-state index >= 15 is 0 Å². The first-order valence-electron chi connectivity index (χ1n) is 8.99. The minimum atomic E-state index is 0.00248. The number of anilines is 1. The fourth-order valence-electron chi connectivity index (χ4n) is 2.95. The Bertz CT molecular complexity index is 758. The second kappa shape index (κ2) is 9.23. The first-order valence-corrected chi connectivity index (χ1v) is 8.99. The molecule has 2 heterocycles. The van der Waals surface area contributed by atoms with Gasteiger partial charge in [0, 0.05) is 25.8 Å². The molecule has 0 unspecified atom stereocenters. The number of hydrogen-bond donors (Lipinski definition) is 1. The van der Waals surface area contributed by atoms with E-state index in [0.717, 1.165) is 35.8 Å². The number of nitrogens with one attached hydrogen (secondary N) is 1. The lowest BCUT2D eigenvalue weighted by molar-refractivity contribution is 0.0302. The summed E-state index contributed by atoms with van der Waals surface area (Å²) in [5.41, 5.74) is 1.74.